The summed E-state index contributed by atoms with van der Waals surface area (Å²) >= 11 is 2.46. The molecule has 1 aliphatic rings. The fourth-order valence-corrected chi connectivity index (χ4v) is 2.11. The molecule has 0 spiro atoms. The zero-order valence-electron chi connectivity index (χ0n) is 6.02. The molecule has 0 saturated carbocycles. The van der Waals surface area contributed by atoms with Crippen LogP contribution < -0.4 is 0 Å². The molecule has 0 aromatic rings. The van der Waals surface area contributed by atoms with Gasteiger partial charge in [0.25, 0.3) is 0 Å². The number of hydrogen-bond donors (Lipinski definition) is 0. The van der Waals surface area contributed by atoms with Gasteiger partial charge in [0.2, 0.25) is 0 Å². The Hall–Kier alpha value is 0.620. The first-order chi connectivity index (χ1) is 4.83. The van der Waals surface area contributed by atoms with Gasteiger partial charge in [-0.05, 0) is 19.4 Å². The first kappa shape index (κ1) is 8.71. The third kappa shape index (κ3) is 2.70. The summed E-state index contributed by atoms with van der Waals surface area (Å²) in [6.07, 6.45) is 2.00. The molecule has 1 saturated heterocycles. The van der Waals surface area contributed by atoms with Crippen molar-refractivity contribution < 1.29 is 4.39 Å². The van der Waals surface area contributed by atoms with Gasteiger partial charge in [-0.15, -0.1) is 0 Å². The SMILES string of the molecule is FCCCN1CCC(I)C1. The molecule has 3 heteroatoms. The molecule has 10 heavy (non-hydrogen) atoms. The van der Waals surface area contributed by atoms with Gasteiger partial charge in [-0.3, -0.25) is 4.39 Å². The monoisotopic (exact) mass is 257 g/mol. The molecule has 0 amide bonds. The maximum atomic E-state index is 11.7. The van der Waals surface area contributed by atoms with Crippen molar-refractivity contribution in [2.24, 2.45) is 0 Å². The van der Waals surface area contributed by atoms with Crippen LogP contribution in [0.25, 0.3) is 0 Å². The first-order valence-electron chi connectivity index (χ1n) is 3.75. The minimum absolute atomic E-state index is 0.164. The highest BCUT2D eigenvalue weighted by Crippen LogP contribution is 2.16. The number of rotatable bonds is 3. The minimum atomic E-state index is -0.164. The van der Waals surface area contributed by atoms with E-state index in [9.17, 15) is 4.39 Å². The third-order valence-corrected chi connectivity index (χ3v) is 2.84. The average Bonchev–Trinajstić information content (AvgIpc) is 2.31. The second kappa shape index (κ2) is 4.49. The molecular weight excluding hydrogens is 244 g/mol. The van der Waals surface area contributed by atoms with Gasteiger partial charge in [0.1, 0.15) is 0 Å². The van der Waals surface area contributed by atoms with Crippen LogP contribution >= 0.6 is 22.6 Å². The van der Waals surface area contributed by atoms with E-state index in [1.54, 1.807) is 0 Å². The third-order valence-electron chi connectivity index (χ3n) is 1.82. The Morgan fingerprint density at radius 1 is 1.60 bits per heavy atom. The molecule has 0 bridgehead atoms. The summed E-state index contributed by atoms with van der Waals surface area (Å²) in [5.74, 6) is 0. The fourth-order valence-electron chi connectivity index (χ4n) is 1.27. The number of alkyl halides is 2. The molecule has 60 valence electrons. The molecule has 1 aliphatic heterocycles. The van der Waals surface area contributed by atoms with Crippen molar-refractivity contribution in [2.45, 2.75) is 16.8 Å². The normalized spacial score (nSPS) is 27.6. The summed E-state index contributed by atoms with van der Waals surface area (Å²) in [6, 6.07) is 0. The Labute approximate surface area is 75.1 Å². The van der Waals surface area contributed by atoms with E-state index in [1.165, 1.54) is 19.5 Å². The lowest BCUT2D eigenvalue weighted by atomic mass is 10.4. The van der Waals surface area contributed by atoms with Crippen LogP contribution in [0.15, 0.2) is 0 Å². The summed E-state index contributed by atoms with van der Waals surface area (Å²) in [6.45, 7) is 3.13. The molecule has 1 fully saturated rings. The summed E-state index contributed by atoms with van der Waals surface area (Å²) in [5, 5.41) is 0. The topological polar surface area (TPSA) is 3.24 Å². The van der Waals surface area contributed by atoms with Crippen molar-refractivity contribution in [3.05, 3.63) is 0 Å². The highest BCUT2D eigenvalue weighted by Gasteiger charge is 2.18. The van der Waals surface area contributed by atoms with Crippen LogP contribution in [-0.2, 0) is 0 Å². The average molecular weight is 257 g/mol. The minimum Gasteiger partial charge on any atom is -0.302 e. The molecule has 1 unspecified atom stereocenters. The Morgan fingerprint density at radius 3 is 2.90 bits per heavy atom. The molecule has 0 N–H and O–H groups in total. The van der Waals surface area contributed by atoms with E-state index >= 15 is 0 Å². The van der Waals surface area contributed by atoms with Gasteiger partial charge in [-0.1, -0.05) is 22.6 Å². The summed E-state index contributed by atoms with van der Waals surface area (Å²) in [5.41, 5.74) is 0. The number of halogens is 2. The smallest absolute Gasteiger partial charge is 0.0906 e. The zero-order valence-corrected chi connectivity index (χ0v) is 8.18. The largest absolute Gasteiger partial charge is 0.302 e. The van der Waals surface area contributed by atoms with Crippen LogP contribution in [0.2, 0.25) is 0 Å². The summed E-state index contributed by atoms with van der Waals surface area (Å²) < 4.78 is 12.5. The van der Waals surface area contributed by atoms with E-state index in [0.29, 0.717) is 6.42 Å². The van der Waals surface area contributed by atoms with E-state index in [1.807, 2.05) is 0 Å². The number of hydrogen-bond acceptors (Lipinski definition) is 1. The number of nitrogens with zero attached hydrogens (tertiary/aromatic N) is 1. The van der Waals surface area contributed by atoms with Crippen LogP contribution in [0.3, 0.4) is 0 Å². The van der Waals surface area contributed by atoms with Gasteiger partial charge in [0.15, 0.2) is 0 Å². The maximum Gasteiger partial charge on any atom is 0.0906 e. The molecule has 0 aromatic heterocycles. The van der Waals surface area contributed by atoms with Gasteiger partial charge >= 0.3 is 0 Å². The summed E-state index contributed by atoms with van der Waals surface area (Å²) in [4.78, 5) is 2.34. The van der Waals surface area contributed by atoms with Crippen LogP contribution in [0.4, 0.5) is 4.39 Å². The van der Waals surface area contributed by atoms with Gasteiger partial charge < -0.3 is 4.90 Å². The second-order valence-electron chi connectivity index (χ2n) is 2.73. The van der Waals surface area contributed by atoms with Crippen molar-refractivity contribution >= 4 is 22.6 Å². The molecule has 1 rings (SSSR count). The number of likely N-dealkylation sites (tertiary alicyclic amines) is 1. The Balaban J connectivity index is 2.06. The van der Waals surface area contributed by atoms with Crippen molar-refractivity contribution in [3.63, 3.8) is 0 Å². The summed E-state index contributed by atoms with van der Waals surface area (Å²) in [7, 11) is 0. The van der Waals surface area contributed by atoms with Crippen molar-refractivity contribution in [1.29, 1.82) is 0 Å². The van der Waals surface area contributed by atoms with Crippen LogP contribution in [0, 0.1) is 0 Å². The van der Waals surface area contributed by atoms with Crippen LogP contribution in [0.1, 0.15) is 12.8 Å². The first-order valence-corrected chi connectivity index (χ1v) is 5.00. The van der Waals surface area contributed by atoms with E-state index in [2.05, 4.69) is 27.5 Å². The van der Waals surface area contributed by atoms with E-state index in [-0.39, 0.29) is 6.67 Å². The highest BCUT2D eigenvalue weighted by molar-refractivity contribution is 14.1. The predicted octanol–water partition coefficient (Wildman–Crippen LogP) is 1.86. The molecule has 1 heterocycles. The molecule has 0 aromatic carbocycles. The standard InChI is InChI=1S/C7H13FIN/c8-3-1-4-10-5-2-7(9)6-10/h7H,1-6H2. The fraction of sp³-hybridized carbons (Fsp3) is 1.00. The molecule has 0 radical (unpaired) electrons. The lowest BCUT2D eigenvalue weighted by Gasteiger charge is -2.12. The van der Waals surface area contributed by atoms with E-state index < -0.39 is 0 Å². The van der Waals surface area contributed by atoms with Crippen molar-refractivity contribution in [2.75, 3.05) is 26.3 Å². The van der Waals surface area contributed by atoms with Crippen LogP contribution in [0.5, 0.6) is 0 Å². The lowest BCUT2D eigenvalue weighted by molar-refractivity contribution is 0.313. The molecule has 1 atom stereocenters. The van der Waals surface area contributed by atoms with E-state index in [0.717, 1.165) is 10.5 Å². The van der Waals surface area contributed by atoms with Gasteiger partial charge in [-0.2, -0.15) is 0 Å². The van der Waals surface area contributed by atoms with Gasteiger partial charge in [-0.25, -0.2) is 0 Å². The molecule has 0 aliphatic carbocycles. The Kier molecular flexibility index (Phi) is 3.91. The highest BCUT2D eigenvalue weighted by atomic mass is 127. The molecule has 1 nitrogen and oxygen atoms in total. The quantitative estimate of drug-likeness (QED) is 0.551. The predicted molar refractivity (Wildman–Crippen MR) is 49.5 cm³/mol. The van der Waals surface area contributed by atoms with Crippen molar-refractivity contribution in [3.8, 4) is 0 Å². The van der Waals surface area contributed by atoms with Crippen LogP contribution in [-0.4, -0.2) is 35.1 Å². The zero-order chi connectivity index (χ0) is 7.40. The Morgan fingerprint density at radius 2 is 2.40 bits per heavy atom. The lowest BCUT2D eigenvalue weighted by Crippen LogP contribution is -2.22. The van der Waals surface area contributed by atoms with E-state index in [4.69, 9.17) is 0 Å². The molecular formula is C7H13FIN. The van der Waals surface area contributed by atoms with Gasteiger partial charge in [0, 0.05) is 17.0 Å². The Bertz CT molecular complexity index is 99.6. The van der Waals surface area contributed by atoms with Crippen molar-refractivity contribution in [1.82, 2.24) is 4.90 Å². The maximum absolute atomic E-state index is 11.7. The second-order valence-corrected chi connectivity index (χ2v) is 4.49. The van der Waals surface area contributed by atoms with Gasteiger partial charge in [0.05, 0.1) is 6.67 Å².